The van der Waals surface area contributed by atoms with Crippen molar-refractivity contribution in [3.63, 3.8) is 0 Å². The molecular formula is C34H31FN3NiO4-. The number of hydrogen-bond donors (Lipinski definition) is 2. The van der Waals surface area contributed by atoms with E-state index in [-0.39, 0.29) is 39.7 Å². The number of carboxylic acids is 1. The maximum Gasteiger partial charge on any atom is 0.331 e. The Balaban J connectivity index is 0.00000423. The maximum atomic E-state index is 14.5. The van der Waals surface area contributed by atoms with Crippen LogP contribution in [0.5, 0.6) is 0 Å². The maximum absolute atomic E-state index is 14.5. The Kier molecular flexibility index (Phi) is 11.0. The zero-order chi connectivity index (χ0) is 29.5. The molecule has 4 aromatic carbocycles. The molecule has 43 heavy (non-hydrogen) atoms. The fourth-order valence-corrected chi connectivity index (χ4v) is 5.26. The summed E-state index contributed by atoms with van der Waals surface area (Å²) in [7, 11) is 0. The van der Waals surface area contributed by atoms with Crippen molar-refractivity contribution in [2.24, 2.45) is 4.99 Å². The first-order valence-electron chi connectivity index (χ1n) is 13.8. The third-order valence-electron chi connectivity index (χ3n) is 7.36. The number of aliphatic hydroxyl groups is 1. The molecule has 1 saturated heterocycles. The SMILES string of the molecule is O=C(O)[C@H](N=C(c1ccccc1)c1ccccc1[N-]C(=O)[C@@H]1CCCN1Cc1ccccc1)[C@H](O)c1ccccc1F.[Ni]. The molecule has 0 unspecified atom stereocenters. The van der Waals surface area contributed by atoms with Crippen molar-refractivity contribution in [2.75, 3.05) is 6.54 Å². The summed E-state index contributed by atoms with van der Waals surface area (Å²) >= 11 is 0. The third-order valence-corrected chi connectivity index (χ3v) is 7.36. The van der Waals surface area contributed by atoms with Gasteiger partial charge in [0.05, 0.1) is 17.7 Å². The van der Waals surface area contributed by atoms with Gasteiger partial charge in [-0.05, 0) is 36.6 Å². The van der Waals surface area contributed by atoms with E-state index in [1.54, 1.807) is 48.5 Å². The van der Waals surface area contributed by atoms with Gasteiger partial charge in [0.15, 0.2) is 6.04 Å². The molecule has 0 aromatic heterocycles. The number of hydrogen-bond acceptors (Lipinski definition) is 5. The number of aliphatic hydroxyl groups excluding tert-OH is 1. The number of nitrogens with zero attached hydrogens (tertiary/aromatic N) is 3. The van der Waals surface area contributed by atoms with E-state index in [2.05, 4.69) is 15.2 Å². The fourth-order valence-electron chi connectivity index (χ4n) is 5.26. The molecule has 1 fully saturated rings. The first kappa shape index (κ1) is 31.8. The quantitative estimate of drug-likeness (QED) is 0.166. The minimum Gasteiger partial charge on any atom is -0.625 e. The topological polar surface area (TPSA) is 104 Å². The molecule has 0 aliphatic carbocycles. The van der Waals surface area contributed by atoms with E-state index in [4.69, 9.17) is 0 Å². The van der Waals surface area contributed by atoms with Crippen LogP contribution in [0.25, 0.3) is 5.32 Å². The number of carbonyl (C=O) groups is 2. The summed E-state index contributed by atoms with van der Waals surface area (Å²) in [5.74, 6) is -2.44. The summed E-state index contributed by atoms with van der Waals surface area (Å²) in [6, 6.07) is 29.1. The summed E-state index contributed by atoms with van der Waals surface area (Å²) < 4.78 is 14.5. The Morgan fingerprint density at radius 2 is 1.53 bits per heavy atom. The second kappa shape index (κ2) is 14.8. The van der Waals surface area contributed by atoms with E-state index in [0.29, 0.717) is 29.8 Å². The summed E-state index contributed by atoms with van der Waals surface area (Å²) in [5, 5.41) is 25.6. The molecule has 0 spiro atoms. The number of para-hydroxylation sites is 1. The largest absolute Gasteiger partial charge is 0.625 e. The van der Waals surface area contributed by atoms with Gasteiger partial charge in [0.2, 0.25) is 0 Å². The van der Waals surface area contributed by atoms with Crippen LogP contribution in [0, 0.1) is 5.82 Å². The number of halogens is 1. The number of aliphatic carboxylic acids is 1. The zero-order valence-corrected chi connectivity index (χ0v) is 24.2. The first-order valence-corrected chi connectivity index (χ1v) is 13.8. The molecule has 2 N–H and O–H groups in total. The first-order chi connectivity index (χ1) is 20.4. The van der Waals surface area contributed by atoms with E-state index in [1.165, 1.54) is 18.2 Å². The van der Waals surface area contributed by atoms with E-state index in [1.807, 2.05) is 36.4 Å². The molecule has 0 saturated carbocycles. The Bertz CT molecular complexity index is 1570. The number of carboxylic acid groups (broad SMARTS) is 1. The van der Waals surface area contributed by atoms with Crippen molar-refractivity contribution in [3.8, 4) is 0 Å². The Morgan fingerprint density at radius 3 is 2.23 bits per heavy atom. The van der Waals surface area contributed by atoms with Crippen LogP contribution in [-0.2, 0) is 32.6 Å². The van der Waals surface area contributed by atoms with Gasteiger partial charge >= 0.3 is 5.97 Å². The zero-order valence-electron chi connectivity index (χ0n) is 23.2. The van der Waals surface area contributed by atoms with Crippen LogP contribution >= 0.6 is 0 Å². The fraction of sp³-hybridized carbons (Fsp3) is 0.206. The predicted molar refractivity (Wildman–Crippen MR) is 159 cm³/mol. The summed E-state index contributed by atoms with van der Waals surface area (Å²) in [6.07, 6.45) is -0.184. The Labute approximate surface area is 260 Å². The number of carbonyl (C=O) groups excluding carboxylic acids is 1. The summed E-state index contributed by atoms with van der Waals surface area (Å²) in [5.41, 5.74) is 2.49. The monoisotopic (exact) mass is 622 g/mol. The predicted octanol–water partition coefficient (Wildman–Crippen LogP) is 6.04. The van der Waals surface area contributed by atoms with Crippen LogP contribution < -0.4 is 0 Å². The second-order valence-electron chi connectivity index (χ2n) is 10.2. The molecule has 224 valence electrons. The van der Waals surface area contributed by atoms with E-state index >= 15 is 0 Å². The van der Waals surface area contributed by atoms with E-state index < -0.39 is 23.9 Å². The Hall–Kier alpha value is -4.17. The number of rotatable bonds is 10. The smallest absolute Gasteiger partial charge is 0.331 e. The molecule has 3 atom stereocenters. The van der Waals surface area contributed by atoms with Crippen LogP contribution in [0.15, 0.2) is 114 Å². The standard InChI is InChI=1S/C34H32FN3O4.Ni/c35-27-18-9-7-16-25(27)32(39)31(34(41)42)37-30(24-14-5-2-6-15-24)26-17-8-10-19-28(26)36-33(40)29-20-11-21-38(29)22-23-12-3-1-4-13-23;/h1-10,12-19,29,31-32,39H,11,20-22H2,(H2,36,37,40,41,42);/p-1/t29-,31+,32+;/m0./s1. The summed E-state index contributed by atoms with van der Waals surface area (Å²) in [4.78, 5) is 32.6. The molecule has 9 heteroatoms. The van der Waals surface area contributed by atoms with E-state index in [9.17, 15) is 24.2 Å². The molecular weight excluding hydrogens is 592 g/mol. The van der Waals surface area contributed by atoms with Crippen molar-refractivity contribution in [3.05, 3.63) is 143 Å². The average molecular weight is 623 g/mol. The number of amides is 1. The van der Waals surface area contributed by atoms with Gasteiger partial charge in [-0.25, -0.2) is 9.18 Å². The molecule has 5 rings (SSSR count). The van der Waals surface area contributed by atoms with Gasteiger partial charge in [-0.2, -0.15) is 0 Å². The Morgan fingerprint density at radius 1 is 0.907 bits per heavy atom. The van der Waals surface area contributed by atoms with Gasteiger partial charge in [-0.1, -0.05) is 103 Å². The van der Waals surface area contributed by atoms with Crippen molar-refractivity contribution in [1.29, 1.82) is 0 Å². The minimum absolute atomic E-state index is 0. The van der Waals surface area contributed by atoms with Crippen LogP contribution in [0.4, 0.5) is 10.1 Å². The number of likely N-dealkylation sites (tertiary alicyclic amines) is 1. The van der Waals surface area contributed by atoms with Crippen molar-refractivity contribution < 1.29 is 40.7 Å². The van der Waals surface area contributed by atoms with Gasteiger partial charge in [0, 0.05) is 34.2 Å². The molecule has 1 aliphatic rings. The second-order valence-corrected chi connectivity index (χ2v) is 10.2. The molecule has 1 aliphatic heterocycles. The van der Waals surface area contributed by atoms with Crippen molar-refractivity contribution >= 4 is 23.3 Å². The van der Waals surface area contributed by atoms with E-state index in [0.717, 1.165) is 24.6 Å². The van der Waals surface area contributed by atoms with Gasteiger partial charge < -0.3 is 20.3 Å². The van der Waals surface area contributed by atoms with Gasteiger partial charge in [0.25, 0.3) is 0 Å². The number of benzene rings is 4. The van der Waals surface area contributed by atoms with Crippen LogP contribution in [0.2, 0.25) is 0 Å². The summed E-state index contributed by atoms with van der Waals surface area (Å²) in [6.45, 7) is 1.42. The number of aliphatic imine (C=N–C) groups is 1. The molecule has 1 heterocycles. The van der Waals surface area contributed by atoms with Crippen LogP contribution in [-0.4, -0.2) is 51.3 Å². The minimum atomic E-state index is -1.75. The molecule has 0 bridgehead atoms. The van der Waals surface area contributed by atoms with Crippen molar-refractivity contribution in [2.45, 2.75) is 37.6 Å². The molecule has 7 nitrogen and oxygen atoms in total. The van der Waals surface area contributed by atoms with Gasteiger partial charge in [0.1, 0.15) is 11.9 Å². The van der Waals surface area contributed by atoms with Crippen molar-refractivity contribution in [1.82, 2.24) is 4.90 Å². The van der Waals surface area contributed by atoms with Crippen LogP contribution in [0.1, 0.15) is 41.2 Å². The van der Waals surface area contributed by atoms with Gasteiger partial charge in [-0.3, -0.25) is 9.89 Å². The average Bonchev–Trinajstić information content (AvgIpc) is 3.47. The molecule has 1 amide bonds. The molecule has 0 radical (unpaired) electrons. The third kappa shape index (κ3) is 7.62. The molecule has 4 aromatic rings. The van der Waals surface area contributed by atoms with Crippen LogP contribution in [0.3, 0.4) is 0 Å². The normalized spacial score (nSPS) is 16.6. The van der Waals surface area contributed by atoms with Gasteiger partial charge in [-0.15, -0.1) is 5.69 Å².